The van der Waals surface area contributed by atoms with Gasteiger partial charge < -0.3 is 15.4 Å². The van der Waals surface area contributed by atoms with E-state index >= 15 is 0 Å². The van der Waals surface area contributed by atoms with E-state index in [9.17, 15) is 18.8 Å². The van der Waals surface area contributed by atoms with Crippen molar-refractivity contribution in [1.82, 2.24) is 14.8 Å². The molecule has 1 aromatic carbocycles. The summed E-state index contributed by atoms with van der Waals surface area (Å²) in [5, 5.41) is 5.59. The zero-order chi connectivity index (χ0) is 24.9. The van der Waals surface area contributed by atoms with Crippen LogP contribution in [0.4, 0.5) is 10.1 Å². The van der Waals surface area contributed by atoms with Crippen molar-refractivity contribution in [3.8, 4) is 5.69 Å². The summed E-state index contributed by atoms with van der Waals surface area (Å²) in [6, 6.07) is 12.0. The summed E-state index contributed by atoms with van der Waals surface area (Å²) < 4.78 is 21.8. The van der Waals surface area contributed by atoms with Gasteiger partial charge in [0.2, 0.25) is 5.91 Å². The predicted molar refractivity (Wildman–Crippen MR) is 133 cm³/mol. The molecule has 1 saturated heterocycles. The minimum atomic E-state index is -0.648. The summed E-state index contributed by atoms with van der Waals surface area (Å²) in [5.74, 6) is -1.27. The number of nitrogens with one attached hydrogen (secondary N) is 2. The van der Waals surface area contributed by atoms with Crippen molar-refractivity contribution in [2.24, 2.45) is 5.92 Å². The first-order valence-electron chi connectivity index (χ1n) is 10.9. The summed E-state index contributed by atoms with van der Waals surface area (Å²) in [6.07, 6.45) is 1.54. The molecular formula is C24H24ClFN4O4S. The highest BCUT2D eigenvalue weighted by Gasteiger charge is 2.35. The van der Waals surface area contributed by atoms with Gasteiger partial charge in [-0.2, -0.15) is 0 Å². The number of amides is 2. The van der Waals surface area contributed by atoms with E-state index in [-0.39, 0.29) is 41.6 Å². The number of anilines is 1. The van der Waals surface area contributed by atoms with Crippen molar-refractivity contribution < 1.29 is 18.7 Å². The number of pyridine rings is 1. The van der Waals surface area contributed by atoms with Crippen molar-refractivity contribution >= 4 is 40.4 Å². The zero-order valence-electron chi connectivity index (χ0n) is 18.9. The highest BCUT2D eigenvalue weighted by molar-refractivity contribution is 7.18. The molecule has 184 valence electrons. The van der Waals surface area contributed by atoms with Gasteiger partial charge in [-0.15, -0.1) is 11.3 Å². The Kier molecular flexibility index (Phi) is 7.97. The lowest BCUT2D eigenvalue weighted by molar-refractivity contribution is -0.117. The molecule has 3 aromatic rings. The van der Waals surface area contributed by atoms with Crippen LogP contribution in [0.5, 0.6) is 0 Å². The lowest BCUT2D eigenvalue weighted by Crippen LogP contribution is -2.41. The van der Waals surface area contributed by atoms with Crippen molar-refractivity contribution in [1.29, 1.82) is 0 Å². The lowest BCUT2D eigenvalue weighted by atomic mass is 10.1. The number of hydrogen-bond donors (Lipinski definition) is 2. The molecule has 0 unspecified atom stereocenters. The number of likely N-dealkylation sites (tertiary alicyclic amines) is 1. The van der Waals surface area contributed by atoms with Gasteiger partial charge in [-0.05, 0) is 30.3 Å². The third-order valence-electron chi connectivity index (χ3n) is 5.71. The Morgan fingerprint density at radius 3 is 2.71 bits per heavy atom. The lowest BCUT2D eigenvalue weighted by Gasteiger charge is -2.18. The molecule has 1 aliphatic heterocycles. The number of thiophene rings is 1. The summed E-state index contributed by atoms with van der Waals surface area (Å²) in [4.78, 5) is 39.6. The summed E-state index contributed by atoms with van der Waals surface area (Å²) in [7, 11) is 1.59. The van der Waals surface area contributed by atoms with Crippen LogP contribution in [0.25, 0.3) is 5.69 Å². The minimum absolute atomic E-state index is 0.00705. The fourth-order valence-electron chi connectivity index (χ4n) is 4.10. The molecule has 0 bridgehead atoms. The molecule has 4 rings (SSSR count). The highest BCUT2D eigenvalue weighted by Crippen LogP contribution is 2.23. The minimum Gasteiger partial charge on any atom is -0.384 e. The number of halogens is 2. The first-order valence-corrected chi connectivity index (χ1v) is 12.1. The number of ether oxygens (including phenoxy) is 1. The van der Waals surface area contributed by atoms with Crippen LogP contribution in [-0.4, -0.2) is 60.7 Å². The van der Waals surface area contributed by atoms with Gasteiger partial charge in [0.05, 0.1) is 33.7 Å². The Balaban J connectivity index is 1.37. The molecule has 2 atom stereocenters. The monoisotopic (exact) mass is 518 g/mol. The summed E-state index contributed by atoms with van der Waals surface area (Å²) >= 11 is 7.13. The van der Waals surface area contributed by atoms with Crippen LogP contribution in [0.2, 0.25) is 4.34 Å². The second-order valence-electron chi connectivity index (χ2n) is 8.21. The molecule has 1 fully saturated rings. The highest BCUT2D eigenvalue weighted by atomic mass is 35.5. The Bertz CT molecular complexity index is 1280. The standard InChI is InChI=1S/C24H24ClFN4O4S/c1-34-14-15-11-29(12-19(15)28-24(33)20-7-8-21(25)35-20)13-22(31)27-18-6-5-16(10-17(18)26)30-9-3-2-4-23(30)32/h2-10,15,19H,11-14H2,1H3,(H,27,31)(H,28,33)/t15-,19+/m1/s1. The maximum Gasteiger partial charge on any atom is 0.261 e. The van der Waals surface area contributed by atoms with Crippen LogP contribution in [0.3, 0.4) is 0 Å². The van der Waals surface area contributed by atoms with Crippen molar-refractivity contribution in [3.63, 3.8) is 0 Å². The van der Waals surface area contributed by atoms with Crippen molar-refractivity contribution in [2.45, 2.75) is 6.04 Å². The molecule has 35 heavy (non-hydrogen) atoms. The van der Waals surface area contributed by atoms with Gasteiger partial charge >= 0.3 is 0 Å². The molecule has 11 heteroatoms. The zero-order valence-corrected chi connectivity index (χ0v) is 20.4. The van der Waals surface area contributed by atoms with E-state index in [0.717, 1.165) is 0 Å². The van der Waals surface area contributed by atoms with E-state index in [0.29, 0.717) is 34.6 Å². The molecule has 2 amide bonds. The fraction of sp³-hybridized carbons (Fsp3) is 0.292. The second kappa shape index (κ2) is 11.1. The molecular weight excluding hydrogens is 495 g/mol. The molecule has 3 heterocycles. The summed E-state index contributed by atoms with van der Waals surface area (Å²) in [6.45, 7) is 1.43. The number of benzene rings is 1. The van der Waals surface area contributed by atoms with Crippen molar-refractivity contribution in [2.75, 3.05) is 38.7 Å². The van der Waals surface area contributed by atoms with Gasteiger partial charge in [0.1, 0.15) is 5.82 Å². The fourth-order valence-corrected chi connectivity index (χ4v) is 5.05. The van der Waals surface area contributed by atoms with Gasteiger partial charge in [0.15, 0.2) is 0 Å². The molecule has 1 aliphatic rings. The van der Waals surface area contributed by atoms with Crippen LogP contribution in [0.1, 0.15) is 9.67 Å². The van der Waals surface area contributed by atoms with E-state index in [1.165, 1.54) is 34.1 Å². The molecule has 0 radical (unpaired) electrons. The first kappa shape index (κ1) is 25.1. The van der Waals surface area contributed by atoms with Gasteiger partial charge in [-0.25, -0.2) is 4.39 Å². The Morgan fingerprint density at radius 1 is 1.20 bits per heavy atom. The predicted octanol–water partition coefficient (Wildman–Crippen LogP) is 3.01. The van der Waals surface area contributed by atoms with Crippen molar-refractivity contribution in [3.05, 3.63) is 80.1 Å². The molecule has 0 saturated carbocycles. The van der Waals surface area contributed by atoms with Crippen LogP contribution in [0.15, 0.2) is 59.5 Å². The molecule has 2 N–H and O–H groups in total. The smallest absolute Gasteiger partial charge is 0.261 e. The Labute approximate surface area is 210 Å². The van der Waals surface area contributed by atoms with Crippen LogP contribution >= 0.6 is 22.9 Å². The molecule has 2 aromatic heterocycles. The number of rotatable bonds is 8. The van der Waals surface area contributed by atoms with E-state index in [1.54, 1.807) is 43.6 Å². The van der Waals surface area contributed by atoms with Crippen LogP contribution < -0.4 is 16.2 Å². The van der Waals surface area contributed by atoms with Gasteiger partial charge in [-0.3, -0.25) is 23.9 Å². The number of nitrogens with zero attached hydrogens (tertiary/aromatic N) is 2. The van der Waals surface area contributed by atoms with Gasteiger partial charge in [0, 0.05) is 50.5 Å². The largest absolute Gasteiger partial charge is 0.384 e. The van der Waals surface area contributed by atoms with E-state index in [4.69, 9.17) is 16.3 Å². The number of carbonyl (C=O) groups is 2. The molecule has 0 aliphatic carbocycles. The maximum absolute atomic E-state index is 14.7. The number of aromatic nitrogens is 1. The third kappa shape index (κ3) is 6.15. The van der Waals surface area contributed by atoms with E-state index in [2.05, 4.69) is 10.6 Å². The summed E-state index contributed by atoms with van der Waals surface area (Å²) in [5.41, 5.74) is 0.0978. The normalized spacial score (nSPS) is 17.9. The van der Waals surface area contributed by atoms with E-state index < -0.39 is 5.82 Å². The Hall–Kier alpha value is -3.05. The van der Waals surface area contributed by atoms with Crippen LogP contribution in [-0.2, 0) is 9.53 Å². The first-order chi connectivity index (χ1) is 16.8. The average molecular weight is 519 g/mol. The molecule has 0 spiro atoms. The topological polar surface area (TPSA) is 92.7 Å². The maximum atomic E-state index is 14.7. The SMILES string of the molecule is COC[C@H]1CN(CC(=O)Nc2ccc(-n3ccccc3=O)cc2F)C[C@@H]1NC(=O)c1ccc(Cl)s1. The third-order valence-corrected chi connectivity index (χ3v) is 6.94. The quantitative estimate of drug-likeness (QED) is 0.478. The van der Waals surface area contributed by atoms with Gasteiger partial charge in [-0.1, -0.05) is 17.7 Å². The van der Waals surface area contributed by atoms with Gasteiger partial charge in [0.25, 0.3) is 11.5 Å². The van der Waals surface area contributed by atoms with Crippen LogP contribution in [0, 0.1) is 11.7 Å². The molecule has 8 nitrogen and oxygen atoms in total. The number of hydrogen-bond acceptors (Lipinski definition) is 6. The number of methoxy groups -OCH3 is 1. The average Bonchev–Trinajstić information content (AvgIpc) is 3.41. The number of carbonyl (C=O) groups excluding carboxylic acids is 2. The second-order valence-corrected chi connectivity index (χ2v) is 9.93. The van der Waals surface area contributed by atoms with E-state index in [1.807, 2.05) is 4.90 Å². The Morgan fingerprint density at radius 2 is 2.03 bits per heavy atom.